The number of hydrogen-bond acceptors (Lipinski definition) is 7. The highest BCUT2D eigenvalue weighted by Gasteiger charge is 2.40. The summed E-state index contributed by atoms with van der Waals surface area (Å²) in [5, 5.41) is 7.53. The van der Waals surface area contributed by atoms with Crippen molar-refractivity contribution in [2.45, 2.75) is 27.2 Å². The molecule has 0 spiro atoms. The number of pyridine rings is 1. The molecule has 1 fully saturated rings. The van der Waals surface area contributed by atoms with Gasteiger partial charge in [-0.25, -0.2) is 23.9 Å². The van der Waals surface area contributed by atoms with Gasteiger partial charge in [0.15, 0.2) is 11.5 Å². The first-order valence-corrected chi connectivity index (χ1v) is 11.9. The number of benzene rings is 2. The van der Waals surface area contributed by atoms with Crippen molar-refractivity contribution < 1.29 is 13.9 Å². The number of carbonyl (C=O) groups is 1. The van der Waals surface area contributed by atoms with Crippen LogP contribution in [-0.4, -0.2) is 37.0 Å². The zero-order chi connectivity index (χ0) is 25.7. The van der Waals surface area contributed by atoms with Crippen molar-refractivity contribution in [2.24, 2.45) is 5.41 Å². The van der Waals surface area contributed by atoms with Crippen molar-refractivity contribution >= 4 is 39.6 Å². The number of ether oxygens (including phenoxy) is 1. The van der Waals surface area contributed by atoms with Gasteiger partial charge in [0.2, 0.25) is 5.91 Å². The van der Waals surface area contributed by atoms with Gasteiger partial charge in [-0.2, -0.15) is 5.10 Å². The lowest BCUT2D eigenvalue weighted by molar-refractivity contribution is -0.124. The first-order chi connectivity index (χ1) is 17.8. The van der Waals surface area contributed by atoms with Crippen molar-refractivity contribution in [3.8, 4) is 11.5 Å². The number of anilines is 3. The third kappa shape index (κ3) is 4.00. The molecule has 3 aromatic heterocycles. The molecule has 2 aromatic carbocycles. The standard InChI is InChI=1S/C27H24FN7O2/c1-16-12-17(4-7-21(16)37-18-8-10-35-22(13-18)30-15-32-35)33-25-23-19(29-14-31-25)5-6-20(24(23)28)34-11-9-27(2,3)26(34)36/h4-8,10,12-15H,9,11H2,1-3H3,(H,29,31,33). The number of aryl methyl sites for hydroxylation is 1. The maximum absolute atomic E-state index is 15.8. The van der Waals surface area contributed by atoms with Crippen LogP contribution >= 0.6 is 0 Å². The number of fused-ring (bicyclic) bond motifs is 2. The number of rotatable bonds is 5. The summed E-state index contributed by atoms with van der Waals surface area (Å²) in [4.78, 5) is 27.1. The molecule has 186 valence electrons. The summed E-state index contributed by atoms with van der Waals surface area (Å²) in [7, 11) is 0. The number of carbonyl (C=O) groups excluding carboxylic acids is 1. The molecule has 10 heteroatoms. The summed E-state index contributed by atoms with van der Waals surface area (Å²) in [5.74, 6) is 1.02. The number of amides is 1. The van der Waals surface area contributed by atoms with Crippen molar-refractivity contribution in [1.82, 2.24) is 24.6 Å². The minimum absolute atomic E-state index is 0.0912. The lowest BCUT2D eigenvalue weighted by Crippen LogP contribution is -2.31. The average Bonchev–Trinajstić information content (AvgIpc) is 3.45. The number of aromatic nitrogens is 5. The van der Waals surface area contributed by atoms with Gasteiger partial charge in [0.25, 0.3) is 0 Å². The van der Waals surface area contributed by atoms with E-state index >= 15 is 4.39 Å². The molecule has 4 heterocycles. The second-order valence-electron chi connectivity index (χ2n) is 9.74. The monoisotopic (exact) mass is 497 g/mol. The Morgan fingerprint density at radius 2 is 1.92 bits per heavy atom. The van der Waals surface area contributed by atoms with E-state index in [1.54, 1.807) is 28.9 Å². The molecule has 0 atom stereocenters. The van der Waals surface area contributed by atoms with E-state index in [4.69, 9.17) is 4.74 Å². The fourth-order valence-electron chi connectivity index (χ4n) is 4.56. The van der Waals surface area contributed by atoms with Crippen LogP contribution in [0.3, 0.4) is 0 Å². The fourth-order valence-corrected chi connectivity index (χ4v) is 4.56. The molecule has 1 aliphatic heterocycles. The molecule has 0 aliphatic carbocycles. The molecule has 1 N–H and O–H groups in total. The zero-order valence-corrected chi connectivity index (χ0v) is 20.6. The Morgan fingerprint density at radius 3 is 2.70 bits per heavy atom. The minimum Gasteiger partial charge on any atom is -0.457 e. The topological polar surface area (TPSA) is 97.5 Å². The normalized spacial score (nSPS) is 15.0. The Labute approximate surface area is 211 Å². The van der Waals surface area contributed by atoms with Gasteiger partial charge in [-0.1, -0.05) is 13.8 Å². The van der Waals surface area contributed by atoms with E-state index in [-0.39, 0.29) is 17.0 Å². The Bertz CT molecular complexity index is 1680. The summed E-state index contributed by atoms with van der Waals surface area (Å²) in [6.45, 7) is 6.16. The Hall–Kier alpha value is -4.60. The van der Waals surface area contributed by atoms with Crippen LogP contribution in [0.15, 0.2) is 61.3 Å². The van der Waals surface area contributed by atoms with Crippen LogP contribution in [0.2, 0.25) is 0 Å². The van der Waals surface area contributed by atoms with E-state index in [1.807, 2.05) is 45.0 Å². The largest absolute Gasteiger partial charge is 0.457 e. The summed E-state index contributed by atoms with van der Waals surface area (Å²) in [5.41, 5.74) is 2.44. The van der Waals surface area contributed by atoms with Crippen molar-refractivity contribution in [2.75, 3.05) is 16.8 Å². The highest BCUT2D eigenvalue weighted by molar-refractivity contribution is 6.02. The van der Waals surface area contributed by atoms with E-state index in [0.29, 0.717) is 47.1 Å². The predicted octanol–water partition coefficient (Wildman–Crippen LogP) is 5.42. The second-order valence-corrected chi connectivity index (χ2v) is 9.74. The van der Waals surface area contributed by atoms with Crippen LogP contribution in [0.25, 0.3) is 16.6 Å². The van der Waals surface area contributed by atoms with Crippen LogP contribution in [0.5, 0.6) is 11.5 Å². The molecule has 0 unspecified atom stereocenters. The van der Waals surface area contributed by atoms with E-state index in [1.165, 1.54) is 17.6 Å². The molecule has 1 amide bonds. The predicted molar refractivity (Wildman–Crippen MR) is 138 cm³/mol. The van der Waals surface area contributed by atoms with Crippen LogP contribution in [-0.2, 0) is 4.79 Å². The molecule has 0 bridgehead atoms. The Balaban J connectivity index is 1.30. The van der Waals surface area contributed by atoms with Crippen LogP contribution in [0, 0.1) is 18.2 Å². The van der Waals surface area contributed by atoms with Gasteiger partial charge < -0.3 is 15.0 Å². The van der Waals surface area contributed by atoms with Crippen molar-refractivity contribution in [1.29, 1.82) is 0 Å². The van der Waals surface area contributed by atoms with Gasteiger partial charge in [0.1, 0.15) is 30.0 Å². The highest BCUT2D eigenvalue weighted by Crippen LogP contribution is 2.38. The number of nitrogens with zero attached hydrogens (tertiary/aromatic N) is 6. The van der Waals surface area contributed by atoms with E-state index in [0.717, 1.165) is 5.56 Å². The van der Waals surface area contributed by atoms with E-state index in [2.05, 4.69) is 25.4 Å². The van der Waals surface area contributed by atoms with Gasteiger partial charge in [0, 0.05) is 29.9 Å². The zero-order valence-electron chi connectivity index (χ0n) is 20.6. The number of halogens is 1. The van der Waals surface area contributed by atoms with Gasteiger partial charge >= 0.3 is 0 Å². The van der Waals surface area contributed by atoms with Gasteiger partial charge in [0.05, 0.1) is 16.6 Å². The molecule has 0 saturated carbocycles. The van der Waals surface area contributed by atoms with Crippen LogP contribution in [0.1, 0.15) is 25.8 Å². The molecule has 37 heavy (non-hydrogen) atoms. The first-order valence-electron chi connectivity index (χ1n) is 11.9. The van der Waals surface area contributed by atoms with Crippen LogP contribution in [0.4, 0.5) is 21.6 Å². The smallest absolute Gasteiger partial charge is 0.232 e. The minimum atomic E-state index is -0.521. The Kier molecular flexibility index (Phi) is 5.25. The van der Waals surface area contributed by atoms with Gasteiger partial charge in [-0.15, -0.1) is 0 Å². The summed E-state index contributed by atoms with van der Waals surface area (Å²) in [6, 6.07) is 12.5. The van der Waals surface area contributed by atoms with Crippen molar-refractivity contribution in [3.63, 3.8) is 0 Å². The highest BCUT2D eigenvalue weighted by atomic mass is 19.1. The Morgan fingerprint density at radius 1 is 1.05 bits per heavy atom. The molecule has 5 aromatic rings. The van der Waals surface area contributed by atoms with Crippen molar-refractivity contribution in [3.05, 3.63) is 72.7 Å². The van der Waals surface area contributed by atoms with E-state index < -0.39 is 11.2 Å². The molecule has 0 radical (unpaired) electrons. The number of hydrogen-bond donors (Lipinski definition) is 1. The quantitative estimate of drug-likeness (QED) is 0.346. The van der Waals surface area contributed by atoms with Gasteiger partial charge in [-0.05, 0) is 55.3 Å². The lowest BCUT2D eigenvalue weighted by atomic mass is 9.92. The maximum atomic E-state index is 15.8. The average molecular weight is 498 g/mol. The molecule has 9 nitrogen and oxygen atoms in total. The fraction of sp³-hybridized carbons (Fsp3) is 0.222. The lowest BCUT2D eigenvalue weighted by Gasteiger charge is -2.21. The second kappa shape index (κ2) is 8.51. The third-order valence-corrected chi connectivity index (χ3v) is 6.71. The molecular weight excluding hydrogens is 473 g/mol. The summed E-state index contributed by atoms with van der Waals surface area (Å²) >= 11 is 0. The maximum Gasteiger partial charge on any atom is 0.232 e. The molecule has 1 aliphatic rings. The number of nitrogens with one attached hydrogen (secondary N) is 1. The molecule has 6 rings (SSSR count). The third-order valence-electron chi connectivity index (χ3n) is 6.71. The molecule has 1 saturated heterocycles. The molecular formula is C27H24FN7O2. The first kappa shape index (κ1) is 22.8. The summed E-state index contributed by atoms with van der Waals surface area (Å²) < 4.78 is 23.5. The van der Waals surface area contributed by atoms with Gasteiger partial charge in [-0.3, -0.25) is 4.79 Å². The van der Waals surface area contributed by atoms with Crippen LogP contribution < -0.4 is 15.0 Å². The summed E-state index contributed by atoms with van der Waals surface area (Å²) in [6.07, 6.45) is 5.32. The van der Waals surface area contributed by atoms with E-state index in [9.17, 15) is 4.79 Å². The SMILES string of the molecule is Cc1cc(Nc2ncnc3ccc(N4CCC(C)(C)C4=O)c(F)c23)ccc1Oc1ccn2ncnc2c1.